The zero-order valence-corrected chi connectivity index (χ0v) is 6.29. The van der Waals surface area contributed by atoms with Gasteiger partial charge in [-0.15, -0.1) is 11.7 Å². The van der Waals surface area contributed by atoms with E-state index in [0.717, 1.165) is 0 Å². The molecule has 0 aliphatic rings. The summed E-state index contributed by atoms with van der Waals surface area (Å²) in [4.78, 5) is 0. The molecule has 0 aliphatic carbocycles. The van der Waals surface area contributed by atoms with Crippen LogP contribution in [0.4, 0.5) is 0 Å². The smallest absolute Gasteiger partial charge is 0.00648 e. The number of hydrogen-bond donors (Lipinski definition) is 1. The molecule has 0 radical (unpaired) electrons. The molecular weight excluding hydrogens is 139 g/mol. The van der Waals surface area contributed by atoms with Crippen molar-refractivity contribution in [1.82, 2.24) is 0 Å². The van der Waals surface area contributed by atoms with E-state index in [1.54, 1.807) is 0 Å². The molecule has 0 bridgehead atoms. The molecular formula is CH5PS3. The van der Waals surface area contributed by atoms with Gasteiger partial charge in [0.05, 0.1) is 0 Å². The summed E-state index contributed by atoms with van der Waals surface area (Å²) in [5.41, 5.74) is 0. The van der Waals surface area contributed by atoms with Crippen LogP contribution in [-0.4, -0.2) is 6.26 Å². The molecule has 0 heterocycles. The lowest BCUT2D eigenvalue weighted by Crippen LogP contribution is -1.64. The Labute approximate surface area is 44.2 Å². The highest BCUT2D eigenvalue weighted by Gasteiger charge is 1.66. The van der Waals surface area contributed by atoms with Crippen LogP contribution in [0.2, 0.25) is 0 Å². The molecule has 0 saturated heterocycles. The maximum absolute atomic E-state index is 4.69. The van der Waals surface area contributed by atoms with Crippen LogP contribution in [0, 0.1) is 0 Å². The Morgan fingerprint density at radius 3 is 2.00 bits per heavy atom. The molecule has 0 aromatic carbocycles. The minimum absolute atomic E-state index is 1.08. The third-order valence-electron chi connectivity index (χ3n) is 0. The maximum Gasteiger partial charge on any atom is -0.00648 e. The lowest BCUT2D eigenvalue weighted by Gasteiger charge is -1.80. The van der Waals surface area contributed by atoms with Gasteiger partial charge in [-0.2, -0.15) is 0 Å². The molecule has 4 heteroatoms. The van der Waals surface area contributed by atoms with Gasteiger partial charge in [0.15, 0.2) is 0 Å². The van der Waals surface area contributed by atoms with Crippen LogP contribution < -0.4 is 0 Å². The van der Waals surface area contributed by atoms with Crippen molar-refractivity contribution in [2.24, 2.45) is 0 Å². The minimum atomic E-state index is -1.08. The van der Waals surface area contributed by atoms with E-state index in [2.05, 4.69) is 30.9 Å². The van der Waals surface area contributed by atoms with Crippen LogP contribution >= 0.6 is 19.7 Å². The van der Waals surface area contributed by atoms with Crippen LogP contribution in [0.1, 0.15) is 0 Å². The molecule has 0 aromatic rings. The molecule has 0 spiro atoms. The van der Waals surface area contributed by atoms with Crippen LogP contribution in [-0.2, 0) is 18.0 Å². The normalized spacial score (nSPS) is 21.2. The molecule has 0 nitrogen and oxygen atoms in total. The Balaban J connectivity index is 4.06. The number of thiol groups is 1. The summed E-state index contributed by atoms with van der Waals surface area (Å²) < 4.78 is 0. The van der Waals surface area contributed by atoms with Gasteiger partial charge in [-0.25, -0.2) is 0 Å². The first-order valence-corrected chi connectivity index (χ1v) is 6.21. The third-order valence-corrected chi connectivity index (χ3v) is 0. The Morgan fingerprint density at radius 1 is 2.00 bits per heavy atom. The van der Waals surface area contributed by atoms with E-state index in [-0.39, 0.29) is 0 Å². The van der Waals surface area contributed by atoms with Crippen LogP contribution in [0.5, 0.6) is 0 Å². The van der Waals surface area contributed by atoms with Gasteiger partial charge in [-0.05, 0) is 17.4 Å². The second-order valence-corrected chi connectivity index (χ2v) is 11.7. The third kappa shape index (κ3) is 36.4. The van der Waals surface area contributed by atoms with Crippen LogP contribution in [0.15, 0.2) is 0 Å². The number of hydrogen-bond acceptors (Lipinski definition) is 1. The molecule has 32 valence electrons. The van der Waals surface area contributed by atoms with E-state index in [9.17, 15) is 0 Å². The molecule has 1 atom stereocenters. The summed E-state index contributed by atoms with van der Waals surface area (Å²) >= 11 is 8.62. The first-order valence-electron chi connectivity index (χ1n) is 0.962. The molecule has 5 heavy (non-hydrogen) atoms. The van der Waals surface area contributed by atoms with E-state index in [0.29, 0.717) is 0 Å². The summed E-state index contributed by atoms with van der Waals surface area (Å²) in [6.45, 7) is -1.08. The zero-order chi connectivity index (χ0) is 4.50. The quantitative estimate of drug-likeness (QED) is 0.302. The van der Waals surface area contributed by atoms with Crippen molar-refractivity contribution in [3.05, 3.63) is 0 Å². The number of rotatable bonds is 0. The van der Waals surface area contributed by atoms with Crippen LogP contribution in [0.3, 0.4) is 0 Å². The molecule has 0 amide bonds. The molecule has 0 aliphatic heterocycles. The fraction of sp³-hybridized carbons (Fsp3) is 1.00. The van der Waals surface area contributed by atoms with Gasteiger partial charge in [0.1, 0.15) is 0 Å². The second-order valence-electron chi connectivity index (χ2n) is 0.803. The predicted molar refractivity (Wildman–Crippen MR) is 38.0 cm³/mol. The lowest BCUT2D eigenvalue weighted by atomic mass is 12.0. The second kappa shape index (κ2) is 1.78. The highest BCUT2D eigenvalue weighted by molar-refractivity contribution is 8.89. The van der Waals surface area contributed by atoms with Crippen LogP contribution in [0.25, 0.3) is 0 Å². The van der Waals surface area contributed by atoms with Gasteiger partial charge in [0, 0.05) is 0 Å². The molecule has 0 aromatic heterocycles. The van der Waals surface area contributed by atoms with E-state index < -0.39 is 6.80 Å². The fourth-order valence-corrected chi connectivity index (χ4v) is 0. The first kappa shape index (κ1) is 6.22. The largest absolute Gasteiger partial charge is 0.110 e. The summed E-state index contributed by atoms with van der Waals surface area (Å²) in [6.07, 6.45) is 1.86. The zero-order valence-electron chi connectivity index (χ0n) is 2.76. The van der Waals surface area contributed by atoms with Crippen molar-refractivity contribution < 1.29 is 0 Å². The average molecular weight is 144 g/mol. The van der Waals surface area contributed by atoms with Gasteiger partial charge in [0.2, 0.25) is 0 Å². The van der Waals surface area contributed by atoms with E-state index >= 15 is 0 Å². The molecule has 0 fully saturated rings. The van der Waals surface area contributed by atoms with Crippen molar-refractivity contribution in [3.63, 3.8) is 0 Å². The Bertz CT molecular complexity index is 90.1. The van der Waals surface area contributed by atoms with Crippen molar-refractivity contribution in [1.29, 1.82) is 0 Å². The molecule has 0 N–H and O–H groups in total. The highest BCUT2D eigenvalue weighted by atomic mass is 33.4. The Kier molecular flexibility index (Phi) is 2.22. The first-order chi connectivity index (χ1) is 2.00. The average Bonchev–Trinajstić information content (AvgIpc) is 0.722. The van der Waals surface area contributed by atoms with Gasteiger partial charge in [-0.1, -0.05) is 14.8 Å². The molecule has 0 saturated carbocycles. The Morgan fingerprint density at radius 2 is 2.00 bits per heavy atom. The van der Waals surface area contributed by atoms with Gasteiger partial charge < -0.3 is 0 Å². The maximum atomic E-state index is 4.69. The summed E-state index contributed by atoms with van der Waals surface area (Å²) in [5.74, 6) is 0. The van der Waals surface area contributed by atoms with E-state index in [4.69, 9.17) is 0 Å². The fourth-order valence-electron chi connectivity index (χ4n) is 0. The molecule has 0 rings (SSSR count). The topological polar surface area (TPSA) is 0 Å². The van der Waals surface area contributed by atoms with Crippen molar-refractivity contribution in [3.8, 4) is 0 Å². The van der Waals surface area contributed by atoms with E-state index in [1.807, 2.05) is 6.26 Å². The highest BCUT2D eigenvalue weighted by Crippen LogP contribution is 1.95. The summed E-state index contributed by atoms with van der Waals surface area (Å²) in [6, 6.07) is 0. The van der Waals surface area contributed by atoms with Gasteiger partial charge in [0.25, 0.3) is 0 Å². The van der Waals surface area contributed by atoms with Gasteiger partial charge >= 0.3 is 0 Å². The van der Waals surface area contributed by atoms with E-state index in [1.165, 1.54) is 0 Å². The van der Waals surface area contributed by atoms with Gasteiger partial charge in [-0.3, -0.25) is 0 Å². The summed E-state index contributed by atoms with van der Waals surface area (Å²) in [7, 11) is 3.18. The minimum Gasteiger partial charge on any atom is -0.110 e. The lowest BCUT2D eigenvalue weighted by molar-refractivity contribution is 2.53. The molecule has 1 unspecified atom stereocenters. The standard InChI is InChI=1S/CH5PS3/c1-5(2,3)4/h2H,1H3,(H,3,4). The Hall–Kier alpha value is 1.22. The predicted octanol–water partition coefficient (Wildman–Crippen LogP) is 1.13. The van der Waals surface area contributed by atoms with Crippen molar-refractivity contribution >= 4 is 37.7 Å². The summed E-state index contributed by atoms with van der Waals surface area (Å²) in [5, 5.41) is 0. The monoisotopic (exact) mass is 144 g/mol. The SMILES string of the molecule is CS(=P)(=S)S. The van der Waals surface area contributed by atoms with Crippen molar-refractivity contribution in [2.75, 3.05) is 6.26 Å². The van der Waals surface area contributed by atoms with Crippen molar-refractivity contribution in [2.45, 2.75) is 0 Å².